The lowest BCUT2D eigenvalue weighted by Gasteiger charge is -2.14. The van der Waals surface area contributed by atoms with Crippen molar-refractivity contribution in [1.29, 1.82) is 0 Å². The summed E-state index contributed by atoms with van der Waals surface area (Å²) in [6.07, 6.45) is 0.718. The maximum absolute atomic E-state index is 12.1. The van der Waals surface area contributed by atoms with Crippen molar-refractivity contribution in [3.63, 3.8) is 0 Å². The number of hydrogen-bond acceptors (Lipinski definition) is 5. The molecule has 8 heteroatoms. The number of ether oxygens (including phenoxy) is 1. The minimum Gasteiger partial charge on any atom is -0.480 e. The van der Waals surface area contributed by atoms with Crippen molar-refractivity contribution in [2.24, 2.45) is 0 Å². The Kier molecular flexibility index (Phi) is 5.86. The van der Waals surface area contributed by atoms with Gasteiger partial charge in [-0.2, -0.15) is 4.72 Å². The molecule has 0 radical (unpaired) electrons. The molecular weight excluding hydrogens is 298 g/mol. The van der Waals surface area contributed by atoms with E-state index in [1.54, 1.807) is 6.92 Å². The fraction of sp³-hybridized carbons (Fsp3) is 0.385. The molecule has 7 nitrogen and oxygen atoms in total. The first-order chi connectivity index (χ1) is 9.81. The smallest absolute Gasteiger partial charge is 0.337 e. The third-order valence-corrected chi connectivity index (χ3v) is 4.25. The molecule has 0 aromatic heterocycles. The van der Waals surface area contributed by atoms with E-state index >= 15 is 0 Å². The Morgan fingerprint density at radius 3 is 2.29 bits per heavy atom. The number of rotatable bonds is 7. The van der Waals surface area contributed by atoms with Crippen molar-refractivity contribution >= 4 is 22.0 Å². The van der Waals surface area contributed by atoms with E-state index in [4.69, 9.17) is 5.11 Å². The first kappa shape index (κ1) is 17.1. The van der Waals surface area contributed by atoms with Crippen molar-refractivity contribution < 1.29 is 27.9 Å². The molecule has 0 amide bonds. The van der Waals surface area contributed by atoms with Crippen molar-refractivity contribution in [2.45, 2.75) is 30.7 Å². The van der Waals surface area contributed by atoms with E-state index in [9.17, 15) is 18.0 Å². The van der Waals surface area contributed by atoms with Gasteiger partial charge in [-0.3, -0.25) is 4.79 Å². The molecule has 0 heterocycles. The third-order valence-electron chi connectivity index (χ3n) is 2.76. The van der Waals surface area contributed by atoms with Gasteiger partial charge in [-0.05, 0) is 30.7 Å². The maximum Gasteiger partial charge on any atom is 0.337 e. The van der Waals surface area contributed by atoms with Gasteiger partial charge in [0.2, 0.25) is 10.0 Å². The number of nitrogens with one attached hydrogen (secondary N) is 1. The Morgan fingerprint density at radius 1 is 1.29 bits per heavy atom. The monoisotopic (exact) mass is 315 g/mol. The molecule has 21 heavy (non-hydrogen) atoms. The van der Waals surface area contributed by atoms with Gasteiger partial charge in [-0.25, -0.2) is 13.2 Å². The summed E-state index contributed by atoms with van der Waals surface area (Å²) in [5, 5.41) is 8.98. The summed E-state index contributed by atoms with van der Waals surface area (Å²) in [5.74, 6) is -1.81. The number of sulfonamides is 1. The minimum absolute atomic E-state index is 0.113. The van der Waals surface area contributed by atoms with Gasteiger partial charge in [0.1, 0.15) is 6.04 Å². The van der Waals surface area contributed by atoms with Crippen LogP contribution < -0.4 is 4.72 Å². The quantitative estimate of drug-likeness (QED) is 0.727. The lowest BCUT2D eigenvalue weighted by atomic mass is 10.2. The molecule has 0 saturated carbocycles. The summed E-state index contributed by atoms with van der Waals surface area (Å²) in [6, 6.07) is 3.87. The topological polar surface area (TPSA) is 110 Å². The van der Waals surface area contributed by atoms with Gasteiger partial charge in [0.25, 0.3) is 0 Å². The average molecular weight is 315 g/mol. The fourth-order valence-corrected chi connectivity index (χ4v) is 2.89. The van der Waals surface area contributed by atoms with Gasteiger partial charge in [0.15, 0.2) is 0 Å². The molecule has 1 aromatic rings. The average Bonchev–Trinajstić information content (AvgIpc) is 2.45. The van der Waals surface area contributed by atoms with E-state index in [-0.39, 0.29) is 16.9 Å². The van der Waals surface area contributed by atoms with E-state index in [1.165, 1.54) is 31.4 Å². The molecule has 2 N–H and O–H groups in total. The zero-order chi connectivity index (χ0) is 16.0. The van der Waals surface area contributed by atoms with Crippen molar-refractivity contribution in [1.82, 2.24) is 4.72 Å². The lowest BCUT2D eigenvalue weighted by Crippen LogP contribution is -2.40. The molecule has 0 unspecified atom stereocenters. The van der Waals surface area contributed by atoms with E-state index < -0.39 is 28.0 Å². The SMILES string of the molecule is CCC[C@H](NS(=O)(=O)c1ccc(C(=O)OC)cc1)C(=O)O. The Hall–Kier alpha value is -1.93. The summed E-state index contributed by atoms with van der Waals surface area (Å²) < 4.78 is 30.8. The van der Waals surface area contributed by atoms with Crippen LogP contribution >= 0.6 is 0 Å². The molecule has 0 aliphatic heterocycles. The Balaban J connectivity index is 2.97. The second-order valence-corrected chi connectivity index (χ2v) is 6.03. The molecule has 0 bridgehead atoms. The molecule has 116 valence electrons. The summed E-state index contributed by atoms with van der Waals surface area (Å²) in [7, 11) is -2.74. The van der Waals surface area contributed by atoms with Crippen molar-refractivity contribution in [3.8, 4) is 0 Å². The molecule has 0 aliphatic carbocycles. The molecule has 0 spiro atoms. The first-order valence-electron chi connectivity index (χ1n) is 6.25. The fourth-order valence-electron chi connectivity index (χ4n) is 1.66. The number of aliphatic carboxylic acids is 1. The van der Waals surface area contributed by atoms with Gasteiger partial charge in [0, 0.05) is 0 Å². The van der Waals surface area contributed by atoms with Gasteiger partial charge in [0.05, 0.1) is 17.6 Å². The molecule has 0 saturated heterocycles. The van der Waals surface area contributed by atoms with Gasteiger partial charge >= 0.3 is 11.9 Å². The highest BCUT2D eigenvalue weighted by molar-refractivity contribution is 7.89. The van der Waals surface area contributed by atoms with Crippen LogP contribution in [0.25, 0.3) is 0 Å². The largest absolute Gasteiger partial charge is 0.480 e. The van der Waals surface area contributed by atoms with Crippen LogP contribution in [-0.4, -0.2) is 38.6 Å². The third kappa shape index (κ3) is 4.54. The second-order valence-electron chi connectivity index (χ2n) is 4.32. The predicted molar refractivity (Wildman–Crippen MR) is 74.4 cm³/mol. The number of benzene rings is 1. The molecular formula is C13H17NO6S. The van der Waals surface area contributed by atoms with E-state index in [2.05, 4.69) is 9.46 Å². The standard InChI is InChI=1S/C13H17NO6S/c1-3-4-11(12(15)16)14-21(18,19)10-7-5-9(6-8-10)13(17)20-2/h5-8,11,14H,3-4H2,1-2H3,(H,15,16)/t11-/m0/s1. The van der Waals surface area contributed by atoms with Crippen molar-refractivity contribution in [3.05, 3.63) is 29.8 Å². The first-order valence-corrected chi connectivity index (χ1v) is 7.73. The zero-order valence-corrected chi connectivity index (χ0v) is 12.5. The minimum atomic E-state index is -3.96. The van der Waals surface area contributed by atoms with Crippen LogP contribution in [-0.2, 0) is 19.6 Å². The van der Waals surface area contributed by atoms with E-state index in [0.717, 1.165) is 0 Å². The van der Waals surface area contributed by atoms with E-state index in [1.807, 2.05) is 0 Å². The van der Waals surface area contributed by atoms with Crippen LogP contribution in [0.1, 0.15) is 30.1 Å². The summed E-state index contributed by atoms with van der Waals surface area (Å²) in [5.41, 5.74) is 0.208. The Bertz CT molecular complexity index is 608. The highest BCUT2D eigenvalue weighted by Crippen LogP contribution is 2.13. The van der Waals surface area contributed by atoms with Crippen LogP contribution in [0.15, 0.2) is 29.2 Å². The van der Waals surface area contributed by atoms with Crippen LogP contribution in [0.2, 0.25) is 0 Å². The molecule has 1 atom stereocenters. The molecule has 1 aromatic carbocycles. The Morgan fingerprint density at radius 2 is 1.86 bits per heavy atom. The second kappa shape index (κ2) is 7.19. The number of esters is 1. The molecule has 0 fully saturated rings. The highest BCUT2D eigenvalue weighted by atomic mass is 32.2. The number of methoxy groups -OCH3 is 1. The van der Waals surface area contributed by atoms with Crippen molar-refractivity contribution in [2.75, 3.05) is 7.11 Å². The summed E-state index contributed by atoms with van der Waals surface area (Å²) in [6.45, 7) is 1.76. The van der Waals surface area contributed by atoms with Crippen LogP contribution in [0.5, 0.6) is 0 Å². The maximum atomic E-state index is 12.1. The number of carbonyl (C=O) groups excluding carboxylic acids is 1. The summed E-state index contributed by atoms with van der Waals surface area (Å²) >= 11 is 0. The molecule has 0 aliphatic rings. The van der Waals surface area contributed by atoms with Gasteiger partial charge < -0.3 is 9.84 Å². The van der Waals surface area contributed by atoms with Crippen LogP contribution in [0.3, 0.4) is 0 Å². The number of hydrogen-bond donors (Lipinski definition) is 2. The van der Waals surface area contributed by atoms with Crippen LogP contribution in [0.4, 0.5) is 0 Å². The lowest BCUT2D eigenvalue weighted by molar-refractivity contribution is -0.139. The molecule has 1 rings (SSSR count). The Labute approximate surface area is 123 Å². The number of carboxylic acid groups (broad SMARTS) is 1. The summed E-state index contributed by atoms with van der Waals surface area (Å²) in [4.78, 5) is 22.1. The highest BCUT2D eigenvalue weighted by Gasteiger charge is 2.24. The van der Waals surface area contributed by atoms with Gasteiger partial charge in [-0.15, -0.1) is 0 Å². The number of carboxylic acids is 1. The van der Waals surface area contributed by atoms with Gasteiger partial charge in [-0.1, -0.05) is 13.3 Å². The predicted octanol–water partition coefficient (Wildman–Crippen LogP) is 1.00. The number of carbonyl (C=O) groups is 2. The van der Waals surface area contributed by atoms with E-state index in [0.29, 0.717) is 6.42 Å². The normalized spacial score (nSPS) is 12.7. The van der Waals surface area contributed by atoms with Crippen LogP contribution in [0, 0.1) is 0 Å². The zero-order valence-electron chi connectivity index (χ0n) is 11.7.